The molecule has 0 spiro atoms. The smallest absolute Gasteiger partial charge is 0.305 e. The third-order valence-electron chi connectivity index (χ3n) is 5.57. The van der Waals surface area contributed by atoms with Crippen molar-refractivity contribution in [1.29, 1.82) is 0 Å². The lowest BCUT2D eigenvalue weighted by atomic mass is 9.97. The van der Waals surface area contributed by atoms with Crippen LogP contribution in [0.3, 0.4) is 0 Å². The van der Waals surface area contributed by atoms with Crippen LogP contribution >= 0.6 is 0 Å². The van der Waals surface area contributed by atoms with Crippen LogP contribution in [-0.4, -0.2) is 22.4 Å². The van der Waals surface area contributed by atoms with E-state index in [0.29, 0.717) is 6.54 Å². The Kier molecular flexibility index (Phi) is 5.12. The van der Waals surface area contributed by atoms with Crippen molar-refractivity contribution in [3.05, 3.63) is 101 Å². The first-order chi connectivity index (χ1) is 14.4. The van der Waals surface area contributed by atoms with Gasteiger partial charge in [-0.05, 0) is 55.2 Å². The predicted molar refractivity (Wildman–Crippen MR) is 115 cm³/mol. The van der Waals surface area contributed by atoms with Gasteiger partial charge in [0.15, 0.2) is 0 Å². The number of halogens is 1. The second-order valence-corrected chi connectivity index (χ2v) is 7.98. The van der Waals surface area contributed by atoms with E-state index in [9.17, 15) is 14.0 Å². The fraction of sp³-hybridized carbons (Fsp3) is 0.200. The lowest BCUT2D eigenvalue weighted by Crippen LogP contribution is -2.43. The quantitative estimate of drug-likeness (QED) is 0.553. The van der Waals surface area contributed by atoms with Crippen LogP contribution < -0.4 is 4.90 Å². The highest BCUT2D eigenvalue weighted by Gasteiger charge is 2.51. The summed E-state index contributed by atoms with van der Waals surface area (Å²) in [7, 11) is 0. The van der Waals surface area contributed by atoms with Crippen LogP contribution in [0.4, 0.5) is 14.9 Å². The SMILES string of the molecule is CC1(C)C(=O)N(c2cccc(F)c2)C(=O)N1Cc1ccccc1Cc1ccccc1. The van der Waals surface area contributed by atoms with Gasteiger partial charge < -0.3 is 4.90 Å². The summed E-state index contributed by atoms with van der Waals surface area (Å²) in [5.41, 5.74) is 2.47. The molecule has 30 heavy (non-hydrogen) atoms. The Morgan fingerprint density at radius 3 is 2.20 bits per heavy atom. The van der Waals surface area contributed by atoms with Gasteiger partial charge in [0.05, 0.1) is 5.69 Å². The third-order valence-corrected chi connectivity index (χ3v) is 5.57. The van der Waals surface area contributed by atoms with Gasteiger partial charge in [0.1, 0.15) is 11.4 Å². The van der Waals surface area contributed by atoms with Gasteiger partial charge in [-0.3, -0.25) is 4.79 Å². The fourth-order valence-corrected chi connectivity index (χ4v) is 3.81. The Labute approximate surface area is 175 Å². The van der Waals surface area contributed by atoms with Crippen molar-refractivity contribution in [2.75, 3.05) is 4.90 Å². The van der Waals surface area contributed by atoms with Crippen LogP contribution in [0.5, 0.6) is 0 Å². The molecule has 0 unspecified atom stereocenters. The van der Waals surface area contributed by atoms with E-state index in [0.717, 1.165) is 22.4 Å². The van der Waals surface area contributed by atoms with Crippen molar-refractivity contribution >= 4 is 17.6 Å². The molecule has 0 atom stereocenters. The van der Waals surface area contributed by atoms with Crippen LogP contribution in [-0.2, 0) is 17.8 Å². The van der Waals surface area contributed by atoms with Gasteiger partial charge in [-0.15, -0.1) is 0 Å². The first kappa shape index (κ1) is 19.8. The Hall–Kier alpha value is -3.47. The molecule has 0 aliphatic carbocycles. The van der Waals surface area contributed by atoms with E-state index in [-0.39, 0.29) is 11.6 Å². The lowest BCUT2D eigenvalue weighted by molar-refractivity contribution is -0.123. The summed E-state index contributed by atoms with van der Waals surface area (Å²) in [6, 6.07) is 23.2. The van der Waals surface area contributed by atoms with Gasteiger partial charge in [-0.2, -0.15) is 0 Å². The summed E-state index contributed by atoms with van der Waals surface area (Å²) in [6.07, 6.45) is 0.737. The summed E-state index contributed by atoms with van der Waals surface area (Å²) in [5, 5.41) is 0. The molecule has 0 N–H and O–H groups in total. The first-order valence-corrected chi connectivity index (χ1v) is 9.90. The molecule has 1 heterocycles. The van der Waals surface area contributed by atoms with E-state index >= 15 is 0 Å². The number of imide groups is 1. The van der Waals surface area contributed by atoms with Crippen molar-refractivity contribution < 1.29 is 14.0 Å². The average Bonchev–Trinajstić information content (AvgIpc) is 2.89. The zero-order valence-corrected chi connectivity index (χ0v) is 17.0. The van der Waals surface area contributed by atoms with Gasteiger partial charge in [0, 0.05) is 6.54 Å². The topological polar surface area (TPSA) is 40.6 Å². The molecule has 1 fully saturated rings. The number of amides is 3. The Bertz CT molecular complexity index is 1100. The van der Waals surface area contributed by atoms with Gasteiger partial charge in [0.2, 0.25) is 0 Å². The molecule has 152 valence electrons. The van der Waals surface area contributed by atoms with E-state index in [1.807, 2.05) is 42.5 Å². The highest BCUT2D eigenvalue weighted by molar-refractivity contribution is 6.22. The monoisotopic (exact) mass is 402 g/mol. The number of hydrogen-bond donors (Lipinski definition) is 0. The number of rotatable bonds is 5. The summed E-state index contributed by atoms with van der Waals surface area (Å²) in [6.45, 7) is 3.76. The zero-order chi connectivity index (χ0) is 21.3. The van der Waals surface area contributed by atoms with Gasteiger partial charge >= 0.3 is 6.03 Å². The molecule has 1 saturated heterocycles. The third kappa shape index (κ3) is 3.59. The Balaban J connectivity index is 1.65. The molecule has 3 amide bonds. The molecular weight excluding hydrogens is 379 g/mol. The maximum Gasteiger partial charge on any atom is 0.332 e. The predicted octanol–water partition coefficient (Wildman–Crippen LogP) is 5.16. The van der Waals surface area contributed by atoms with Crippen LogP contribution in [0.2, 0.25) is 0 Å². The number of anilines is 1. The number of benzene rings is 3. The largest absolute Gasteiger partial charge is 0.332 e. The maximum absolute atomic E-state index is 13.7. The fourth-order valence-electron chi connectivity index (χ4n) is 3.81. The van der Waals surface area contributed by atoms with Crippen LogP contribution in [0.15, 0.2) is 78.9 Å². The van der Waals surface area contributed by atoms with Crippen molar-refractivity contribution in [3.63, 3.8) is 0 Å². The molecular formula is C25H23FN2O2. The van der Waals surface area contributed by atoms with Crippen LogP contribution in [0, 0.1) is 5.82 Å². The number of carbonyl (C=O) groups excluding carboxylic acids is 2. The van der Waals surface area contributed by atoms with E-state index in [2.05, 4.69) is 12.1 Å². The molecule has 4 rings (SSSR count). The lowest BCUT2D eigenvalue weighted by Gasteiger charge is -2.28. The Morgan fingerprint density at radius 2 is 1.50 bits per heavy atom. The van der Waals surface area contributed by atoms with E-state index in [1.54, 1.807) is 24.8 Å². The second kappa shape index (κ2) is 7.75. The first-order valence-electron chi connectivity index (χ1n) is 9.90. The normalized spacial score (nSPS) is 15.7. The number of urea groups is 1. The standard InChI is InChI=1S/C25H23FN2O2/c1-25(2)23(29)28(22-14-8-13-21(26)16-22)24(30)27(25)17-20-12-7-6-11-19(20)15-18-9-4-3-5-10-18/h3-14,16H,15,17H2,1-2H3. The van der Waals surface area contributed by atoms with E-state index in [1.165, 1.54) is 23.8 Å². The highest BCUT2D eigenvalue weighted by atomic mass is 19.1. The van der Waals surface area contributed by atoms with Crippen molar-refractivity contribution in [1.82, 2.24) is 4.90 Å². The van der Waals surface area contributed by atoms with Crippen molar-refractivity contribution in [2.45, 2.75) is 32.4 Å². The number of hydrogen-bond acceptors (Lipinski definition) is 2. The van der Waals surface area contributed by atoms with Crippen molar-refractivity contribution in [2.24, 2.45) is 0 Å². The van der Waals surface area contributed by atoms with Crippen molar-refractivity contribution in [3.8, 4) is 0 Å². The number of nitrogens with zero attached hydrogens (tertiary/aromatic N) is 2. The Morgan fingerprint density at radius 1 is 0.833 bits per heavy atom. The molecule has 0 bridgehead atoms. The van der Waals surface area contributed by atoms with E-state index < -0.39 is 17.4 Å². The van der Waals surface area contributed by atoms with Gasteiger partial charge in [-0.25, -0.2) is 14.1 Å². The maximum atomic E-state index is 13.7. The molecule has 4 nitrogen and oxygen atoms in total. The van der Waals surface area contributed by atoms with Gasteiger partial charge in [-0.1, -0.05) is 60.7 Å². The van der Waals surface area contributed by atoms with E-state index in [4.69, 9.17) is 0 Å². The molecule has 0 radical (unpaired) electrons. The molecule has 3 aromatic carbocycles. The average molecular weight is 402 g/mol. The molecule has 1 aliphatic rings. The molecule has 0 aromatic heterocycles. The minimum Gasteiger partial charge on any atom is -0.305 e. The summed E-state index contributed by atoms with van der Waals surface area (Å²) < 4.78 is 13.7. The van der Waals surface area contributed by atoms with Gasteiger partial charge in [0.25, 0.3) is 5.91 Å². The summed E-state index contributed by atoms with van der Waals surface area (Å²) >= 11 is 0. The molecule has 0 saturated carbocycles. The minimum absolute atomic E-state index is 0.248. The summed E-state index contributed by atoms with van der Waals surface area (Å²) in [4.78, 5) is 28.9. The summed E-state index contributed by atoms with van der Waals surface area (Å²) in [5.74, 6) is -0.851. The molecule has 5 heteroatoms. The van der Waals surface area contributed by atoms with Crippen LogP contribution in [0.1, 0.15) is 30.5 Å². The second-order valence-electron chi connectivity index (χ2n) is 7.98. The minimum atomic E-state index is -1.04. The van der Waals surface area contributed by atoms with Crippen LogP contribution in [0.25, 0.3) is 0 Å². The number of carbonyl (C=O) groups is 2. The zero-order valence-electron chi connectivity index (χ0n) is 17.0. The molecule has 1 aliphatic heterocycles. The highest BCUT2D eigenvalue weighted by Crippen LogP contribution is 2.34. The molecule has 3 aromatic rings.